The number of rotatable bonds is 7. The fraction of sp³-hybridized carbons (Fsp3) is 0.682. The third-order valence-electron chi connectivity index (χ3n) is 5.86. The minimum atomic E-state index is 0.210. The van der Waals surface area contributed by atoms with E-state index in [9.17, 15) is 0 Å². The number of aliphatic imine (C=N–C) groups is 1. The van der Waals surface area contributed by atoms with E-state index in [1.807, 2.05) is 0 Å². The van der Waals surface area contributed by atoms with Gasteiger partial charge in [0.2, 0.25) is 0 Å². The van der Waals surface area contributed by atoms with Crippen LogP contribution in [-0.2, 0) is 0 Å². The van der Waals surface area contributed by atoms with E-state index in [0.29, 0.717) is 5.92 Å². The van der Waals surface area contributed by atoms with Crippen molar-refractivity contribution in [2.24, 2.45) is 10.9 Å². The molecule has 2 unspecified atom stereocenters. The Balaban J connectivity index is 2.40. The summed E-state index contributed by atoms with van der Waals surface area (Å²) in [7, 11) is 0. The Bertz CT molecular complexity index is 574. The molecule has 134 valence electrons. The number of unbranched alkanes of at least 4 members (excludes halogenated alkanes) is 1. The molecule has 2 nitrogen and oxygen atoms in total. The summed E-state index contributed by atoms with van der Waals surface area (Å²) in [6, 6.07) is 4.63. The van der Waals surface area contributed by atoms with Gasteiger partial charge in [0.15, 0.2) is 0 Å². The van der Waals surface area contributed by atoms with Gasteiger partial charge in [0, 0.05) is 17.8 Å². The number of fused-ring (bicyclic) bond motifs is 1. The van der Waals surface area contributed by atoms with Crippen LogP contribution in [-0.4, -0.2) is 18.8 Å². The van der Waals surface area contributed by atoms with E-state index in [-0.39, 0.29) is 5.54 Å². The smallest absolute Gasteiger partial charge is 0.0655 e. The maximum atomic E-state index is 4.22. The molecular weight excluding hydrogens is 292 g/mol. The van der Waals surface area contributed by atoms with Gasteiger partial charge in [-0.3, -0.25) is 4.99 Å². The molecule has 0 radical (unpaired) electrons. The monoisotopic (exact) mass is 328 g/mol. The fourth-order valence-corrected chi connectivity index (χ4v) is 4.31. The van der Waals surface area contributed by atoms with Gasteiger partial charge in [0.1, 0.15) is 0 Å². The summed E-state index contributed by atoms with van der Waals surface area (Å²) in [5.74, 6) is 1.35. The Labute approximate surface area is 149 Å². The Morgan fingerprint density at radius 1 is 1.33 bits per heavy atom. The molecule has 0 saturated heterocycles. The number of aryl methyl sites for hydroxylation is 1. The van der Waals surface area contributed by atoms with Crippen LogP contribution in [0.1, 0.15) is 83.8 Å². The van der Waals surface area contributed by atoms with Crippen molar-refractivity contribution in [1.29, 1.82) is 0 Å². The maximum absolute atomic E-state index is 4.22. The average molecular weight is 329 g/mol. The van der Waals surface area contributed by atoms with Crippen LogP contribution in [0.15, 0.2) is 17.1 Å². The molecule has 0 saturated carbocycles. The van der Waals surface area contributed by atoms with Crippen molar-refractivity contribution in [1.82, 2.24) is 0 Å². The van der Waals surface area contributed by atoms with Gasteiger partial charge in [-0.05, 0) is 75.4 Å². The number of nitrogens with zero attached hydrogens (tertiary/aromatic N) is 2. The predicted octanol–water partition coefficient (Wildman–Crippen LogP) is 6.64. The van der Waals surface area contributed by atoms with Crippen molar-refractivity contribution in [2.45, 2.75) is 85.1 Å². The molecule has 1 aliphatic heterocycles. The molecule has 0 amide bonds. The van der Waals surface area contributed by atoms with Crippen LogP contribution in [0.4, 0.5) is 11.4 Å². The van der Waals surface area contributed by atoms with Crippen molar-refractivity contribution >= 4 is 18.1 Å². The quantitative estimate of drug-likeness (QED) is 0.512. The van der Waals surface area contributed by atoms with Crippen LogP contribution in [0.2, 0.25) is 0 Å². The van der Waals surface area contributed by atoms with E-state index in [1.165, 1.54) is 55.5 Å². The van der Waals surface area contributed by atoms with Crippen molar-refractivity contribution < 1.29 is 0 Å². The Morgan fingerprint density at radius 2 is 2.04 bits per heavy atom. The molecule has 1 heterocycles. The highest BCUT2D eigenvalue weighted by molar-refractivity contribution is 5.68. The molecule has 1 aliphatic rings. The lowest BCUT2D eigenvalue weighted by Crippen LogP contribution is -2.50. The fourth-order valence-electron chi connectivity index (χ4n) is 4.31. The van der Waals surface area contributed by atoms with Crippen molar-refractivity contribution in [3.8, 4) is 0 Å². The van der Waals surface area contributed by atoms with E-state index < -0.39 is 0 Å². The van der Waals surface area contributed by atoms with Crippen molar-refractivity contribution in [3.05, 3.63) is 23.3 Å². The van der Waals surface area contributed by atoms with E-state index >= 15 is 0 Å². The molecule has 1 aromatic rings. The third-order valence-corrected chi connectivity index (χ3v) is 5.86. The van der Waals surface area contributed by atoms with Gasteiger partial charge in [-0.2, -0.15) is 0 Å². The minimum absolute atomic E-state index is 0.210. The van der Waals surface area contributed by atoms with Gasteiger partial charge in [0.25, 0.3) is 0 Å². The van der Waals surface area contributed by atoms with E-state index in [2.05, 4.69) is 70.3 Å². The lowest BCUT2D eigenvalue weighted by atomic mass is 9.78. The first-order chi connectivity index (χ1) is 11.3. The Morgan fingerprint density at radius 3 is 2.62 bits per heavy atom. The summed E-state index contributed by atoms with van der Waals surface area (Å²) in [6.07, 6.45) is 6.44. The van der Waals surface area contributed by atoms with E-state index in [1.54, 1.807) is 0 Å². The number of benzene rings is 1. The molecule has 0 aliphatic carbocycles. The molecule has 0 bridgehead atoms. The Kier molecular flexibility index (Phi) is 6.11. The molecule has 2 rings (SSSR count). The van der Waals surface area contributed by atoms with Gasteiger partial charge in [0.05, 0.1) is 5.69 Å². The van der Waals surface area contributed by atoms with Crippen LogP contribution in [0.5, 0.6) is 0 Å². The number of hydrogen-bond acceptors (Lipinski definition) is 2. The van der Waals surface area contributed by atoms with Crippen LogP contribution < -0.4 is 4.90 Å². The summed E-state index contributed by atoms with van der Waals surface area (Å²) < 4.78 is 0. The number of hydrogen-bond donors (Lipinski definition) is 0. The predicted molar refractivity (Wildman–Crippen MR) is 108 cm³/mol. The summed E-state index contributed by atoms with van der Waals surface area (Å²) in [6.45, 7) is 18.9. The van der Waals surface area contributed by atoms with E-state index in [0.717, 1.165) is 11.6 Å². The third kappa shape index (κ3) is 3.84. The molecule has 24 heavy (non-hydrogen) atoms. The maximum Gasteiger partial charge on any atom is 0.0655 e. The first-order valence-corrected chi connectivity index (χ1v) is 9.72. The Hall–Kier alpha value is -1.31. The van der Waals surface area contributed by atoms with Crippen molar-refractivity contribution in [3.63, 3.8) is 0 Å². The second kappa shape index (κ2) is 7.72. The van der Waals surface area contributed by atoms with Gasteiger partial charge < -0.3 is 4.90 Å². The second-order valence-electron chi connectivity index (χ2n) is 8.30. The highest BCUT2D eigenvalue weighted by Crippen LogP contribution is 2.46. The van der Waals surface area contributed by atoms with Crippen molar-refractivity contribution in [2.75, 3.05) is 11.4 Å². The largest absolute Gasteiger partial charge is 0.366 e. The van der Waals surface area contributed by atoms with Gasteiger partial charge in [-0.15, -0.1) is 0 Å². The summed E-state index contributed by atoms with van der Waals surface area (Å²) in [4.78, 5) is 6.91. The number of anilines is 1. The zero-order chi connectivity index (χ0) is 17.9. The zero-order valence-electron chi connectivity index (χ0n) is 16.7. The lowest BCUT2D eigenvalue weighted by Gasteiger charge is -2.49. The molecule has 1 aromatic carbocycles. The second-order valence-corrected chi connectivity index (χ2v) is 8.30. The van der Waals surface area contributed by atoms with Crippen LogP contribution >= 0.6 is 0 Å². The van der Waals surface area contributed by atoms with Gasteiger partial charge in [-0.25, -0.2) is 0 Å². The lowest BCUT2D eigenvalue weighted by molar-refractivity contribution is 0.337. The van der Waals surface area contributed by atoms with Crippen LogP contribution in [0, 0.1) is 12.8 Å². The molecule has 0 fully saturated rings. The summed E-state index contributed by atoms with van der Waals surface area (Å²) in [5, 5.41) is 0. The zero-order valence-corrected chi connectivity index (χ0v) is 16.7. The molecule has 2 heteroatoms. The highest BCUT2D eigenvalue weighted by atomic mass is 15.2. The molecule has 0 aromatic heterocycles. The average Bonchev–Trinajstić information content (AvgIpc) is 2.53. The van der Waals surface area contributed by atoms with E-state index in [4.69, 9.17) is 0 Å². The van der Waals surface area contributed by atoms with Crippen LogP contribution in [0.25, 0.3) is 0 Å². The molecule has 0 N–H and O–H groups in total. The van der Waals surface area contributed by atoms with Crippen LogP contribution in [0.3, 0.4) is 0 Å². The van der Waals surface area contributed by atoms with Gasteiger partial charge >= 0.3 is 0 Å². The topological polar surface area (TPSA) is 15.6 Å². The first-order valence-electron chi connectivity index (χ1n) is 9.72. The first kappa shape index (κ1) is 19.0. The SMILES string of the molecule is C=Nc1cc2c(cc1C)N(CC(CC)CCCC)C(C)(C)CC2C. The highest BCUT2D eigenvalue weighted by Gasteiger charge is 2.37. The molecule has 2 atom stereocenters. The molecule has 0 spiro atoms. The summed E-state index contributed by atoms with van der Waals surface area (Å²) >= 11 is 0. The normalized spacial score (nSPS) is 20.6. The molecular formula is C22H36N2. The summed E-state index contributed by atoms with van der Waals surface area (Å²) in [5.41, 5.74) is 5.37. The standard InChI is InChI=1S/C22H36N2/c1-8-10-11-18(9-2)15-24-21-12-16(3)20(23-7)13-19(21)17(4)14-22(24,5)6/h12-13,17-18H,7-11,14-15H2,1-6H3. The minimum Gasteiger partial charge on any atom is -0.366 e. The van der Waals surface area contributed by atoms with Gasteiger partial charge in [-0.1, -0.05) is 40.0 Å².